The summed E-state index contributed by atoms with van der Waals surface area (Å²) < 4.78 is 5.74. The predicted molar refractivity (Wildman–Crippen MR) is 454 cm³/mol. The topological polar surface area (TPSA) is 747 Å². The number of aliphatic hydroxyl groups excluding tert-OH is 1. The van der Waals surface area contributed by atoms with E-state index in [-0.39, 0.29) is 43.5 Å². The van der Waals surface area contributed by atoms with Crippen LogP contribution in [0, 0.1) is 5.92 Å². The Bertz CT molecular complexity index is 4920. The number of rotatable bonds is 39. The first-order valence-electron chi connectivity index (χ1n) is 41.5. The summed E-state index contributed by atoms with van der Waals surface area (Å²) in [6.45, 7) is 0.826. The number of hydrogen-bond acceptors (Lipinski definition) is 25. The lowest BCUT2D eigenvalue weighted by atomic mass is 9.96. The minimum Gasteiger partial charge on any atom is -0.481 e. The highest BCUT2D eigenvalue weighted by Gasteiger charge is 2.41. The van der Waals surface area contributed by atoms with Gasteiger partial charge in [0, 0.05) is 71.3 Å². The number of esters is 1. The van der Waals surface area contributed by atoms with Crippen molar-refractivity contribution >= 4 is 152 Å². The molecule has 46 heteroatoms. The van der Waals surface area contributed by atoms with Gasteiger partial charge in [0.25, 0.3) is 0 Å². The molecule has 1 aliphatic rings. The number of ether oxygens (including phenoxy) is 1. The fraction of sp³-hybridized carbons (Fsp3) is 0.482. The second-order valence-corrected chi connectivity index (χ2v) is 30.9. The molecule has 0 aliphatic carbocycles. The third-order valence-corrected chi connectivity index (χ3v) is 20.6. The zero-order valence-corrected chi connectivity index (χ0v) is 71.2. The van der Waals surface area contributed by atoms with E-state index in [0.29, 0.717) is 34.9 Å². The van der Waals surface area contributed by atoms with Gasteiger partial charge in [-0.15, -0.1) is 0 Å². The van der Waals surface area contributed by atoms with Gasteiger partial charge < -0.3 is 132 Å². The number of ketones is 1. The molecule has 3 heterocycles. The standard InChI is InChI=1S/C83H111N19O27/c1-5-6-7-8-9-10-11-26-63(106)94-54(30-45-37-89-52-24-17-14-20-47(45)52)77(122)97-55(32-62(86)105)78(123)99-58(35-69(115)116)79(124)102-71-43(4)129-83(128)59(31-61(104)48-21-12-15-22-49(48)84)100-82(127)70(41(2)28-66(109)110)101-80(125)60(40-103)95-65(108)38-90-74(119)56(33-67(111)112)96-72(117)42(3)92-76(121)57(34-68(113)114)98-75(120)53(93-64(107)39-91-81(71)126)25-18-27-87-73(118)50(85)29-44-36-88-51-23-16-13-19-46(44)51/h12-17,19-24,36-37,41-43,50,53-60,70-71,88-89,103H,5-11,18,25-35,38-40,84-85H2,1-4H3,(H2,86,105)(H,87,118)(H,90,119)(H,91,126)(H,92,121)(H,93,107)(H,94,106)(H,95,108)(H,96,117)(H,97,122)(H,98,120)(H,99,123)(H,100,127)(H,101,125)(H,102,124)(H,109,110)(H,111,112)(H,113,114)(H,115,116)/t41-,42-,43-,50?,53-,54+,55+,56+,57+,58+,59+,60-,70+,71+/m1/s1. The van der Waals surface area contributed by atoms with E-state index in [0.717, 1.165) is 63.8 Å². The number of amides is 15. The van der Waals surface area contributed by atoms with E-state index >= 15 is 9.59 Å². The van der Waals surface area contributed by atoms with Crippen LogP contribution in [0.2, 0.25) is 0 Å². The monoisotopic (exact) mass is 1810 g/mol. The number of Topliss-reactive ketones (excluding diaryl/α,β-unsaturated/α-hetero) is 1. The molecule has 0 radical (unpaired) electrons. The third-order valence-electron chi connectivity index (χ3n) is 20.6. The number of H-pyrrole nitrogens is 2. The number of nitrogens with two attached hydrogens (primary N) is 3. The van der Waals surface area contributed by atoms with E-state index in [4.69, 9.17) is 21.9 Å². The zero-order valence-electron chi connectivity index (χ0n) is 71.2. The normalized spacial score (nSPS) is 20.4. The van der Waals surface area contributed by atoms with Gasteiger partial charge >= 0.3 is 29.8 Å². The minimum atomic E-state index is -2.51. The molecule has 129 heavy (non-hydrogen) atoms. The van der Waals surface area contributed by atoms with Crippen LogP contribution in [-0.4, -0.2) is 265 Å². The average molecular weight is 1810 g/mol. The van der Waals surface area contributed by atoms with Crippen molar-refractivity contribution in [2.45, 2.75) is 222 Å². The fourth-order valence-corrected chi connectivity index (χ4v) is 13.7. The number of primary amides is 1. The molecule has 700 valence electrons. The first-order valence-corrected chi connectivity index (χ1v) is 41.5. The SMILES string of the molecule is CCCCCCCCCC(=O)N[C@@H](Cc1c[nH]c2ccccc12)C(=O)N[C@@H](CC(N)=O)C(=O)N[C@@H](CC(=O)O)C(=O)N[C@@H]1C(=O)NCC(=O)N[C@H](CCCNC(=O)C(N)Cc2c[nH]c3ccccc23)C(=O)N[C@@H](CC(=O)O)C(=O)N[C@H](C)C(=O)N[C@@H](CC(=O)O)C(=O)NCC(=O)N[C@H](CO)C(=O)N[C@@H]([C@H](C)CC(=O)O)C(=O)N[C@@H](CC(=O)c2ccccc2N)C(=O)O[C@@H]1C. The second-order valence-electron chi connectivity index (χ2n) is 30.9. The van der Waals surface area contributed by atoms with Gasteiger partial charge in [0.15, 0.2) is 5.78 Å². The second kappa shape index (κ2) is 51.2. The van der Waals surface area contributed by atoms with Crippen molar-refractivity contribution in [1.29, 1.82) is 0 Å². The molecule has 6 rings (SSSR count). The molecule has 2 aromatic heterocycles. The molecule has 3 aromatic carbocycles. The van der Waals surface area contributed by atoms with Gasteiger partial charge in [0.1, 0.15) is 72.6 Å². The minimum absolute atomic E-state index is 0.0221. The van der Waals surface area contributed by atoms with Crippen molar-refractivity contribution in [2.24, 2.45) is 17.4 Å². The number of anilines is 1. The van der Waals surface area contributed by atoms with Crippen LogP contribution in [0.15, 0.2) is 85.2 Å². The molecule has 1 fully saturated rings. The molecule has 0 saturated carbocycles. The molecule has 1 aliphatic heterocycles. The molecule has 5 aromatic rings. The number of unbranched alkanes of at least 4 members (excludes halogenated alkanes) is 6. The molecule has 0 bridgehead atoms. The maximum atomic E-state index is 15.0. The van der Waals surface area contributed by atoms with Crippen LogP contribution >= 0.6 is 0 Å². The summed E-state index contributed by atoms with van der Waals surface area (Å²) >= 11 is 0. The summed E-state index contributed by atoms with van der Waals surface area (Å²) in [7, 11) is 0. The summed E-state index contributed by atoms with van der Waals surface area (Å²) in [4.78, 5) is 297. The molecule has 0 spiro atoms. The smallest absolute Gasteiger partial charge is 0.329 e. The lowest BCUT2D eigenvalue weighted by Gasteiger charge is -2.30. The number of fused-ring (bicyclic) bond motifs is 2. The van der Waals surface area contributed by atoms with E-state index < -0.39 is 273 Å². The van der Waals surface area contributed by atoms with Crippen molar-refractivity contribution in [1.82, 2.24) is 84.4 Å². The summed E-state index contributed by atoms with van der Waals surface area (Å²) in [5, 5.41) is 82.8. The summed E-state index contributed by atoms with van der Waals surface area (Å²) in [5.74, 6) is -31.0. The van der Waals surface area contributed by atoms with Gasteiger partial charge in [-0.05, 0) is 80.8 Å². The molecule has 14 atom stereocenters. The maximum Gasteiger partial charge on any atom is 0.329 e. The van der Waals surface area contributed by atoms with Crippen molar-refractivity contribution in [3.8, 4) is 0 Å². The van der Waals surface area contributed by atoms with Gasteiger partial charge in [-0.2, -0.15) is 0 Å². The van der Waals surface area contributed by atoms with Gasteiger partial charge in [-0.1, -0.05) is 101 Å². The Morgan fingerprint density at radius 1 is 0.504 bits per heavy atom. The Kier molecular flexibility index (Phi) is 41.0. The van der Waals surface area contributed by atoms with Crippen molar-refractivity contribution in [2.75, 3.05) is 32.0 Å². The third kappa shape index (κ3) is 33.8. The van der Waals surface area contributed by atoms with Crippen LogP contribution in [0.25, 0.3) is 21.8 Å². The molecule has 15 amide bonds. The highest BCUT2D eigenvalue weighted by Crippen LogP contribution is 2.23. The number of cyclic esters (lactones) is 1. The van der Waals surface area contributed by atoms with Crippen LogP contribution in [-0.2, 0) is 113 Å². The lowest BCUT2D eigenvalue weighted by molar-refractivity contribution is -0.156. The Morgan fingerprint density at radius 2 is 1.02 bits per heavy atom. The number of aromatic amines is 2. The van der Waals surface area contributed by atoms with E-state index in [1.807, 2.05) is 16.0 Å². The molecule has 46 nitrogen and oxygen atoms in total. The number of benzene rings is 3. The largest absolute Gasteiger partial charge is 0.481 e. The number of nitrogens with one attached hydrogen (secondary N) is 16. The quantitative estimate of drug-likeness (QED) is 0.00764. The van der Waals surface area contributed by atoms with Gasteiger partial charge in [-0.25, -0.2) is 4.79 Å². The van der Waals surface area contributed by atoms with Crippen molar-refractivity contribution in [3.05, 3.63) is 102 Å². The summed E-state index contributed by atoms with van der Waals surface area (Å²) in [5.41, 5.74) is 20.1. The number of carbonyl (C=O) groups is 21. The number of aliphatic carboxylic acids is 4. The Labute approximate surface area is 737 Å². The summed E-state index contributed by atoms with van der Waals surface area (Å²) in [6.07, 6.45) is -1.33. The van der Waals surface area contributed by atoms with Gasteiger partial charge in [-0.3, -0.25) is 95.9 Å². The number of carboxylic acid groups (broad SMARTS) is 4. The van der Waals surface area contributed by atoms with E-state index in [2.05, 4.69) is 75.4 Å². The number of nitrogen functional groups attached to an aromatic ring is 1. The van der Waals surface area contributed by atoms with Gasteiger partial charge in [0.2, 0.25) is 88.6 Å². The maximum absolute atomic E-state index is 15.0. The van der Waals surface area contributed by atoms with E-state index in [1.54, 1.807) is 60.9 Å². The number of para-hydroxylation sites is 3. The first-order chi connectivity index (χ1) is 61.2. The van der Waals surface area contributed by atoms with Crippen LogP contribution in [0.3, 0.4) is 0 Å². The number of carboxylic acids is 4. The zero-order chi connectivity index (χ0) is 95.3. The van der Waals surface area contributed by atoms with Crippen molar-refractivity contribution < 1.29 is 131 Å². The van der Waals surface area contributed by atoms with Gasteiger partial charge in [0.05, 0.1) is 57.8 Å². The Balaban J connectivity index is 1.43. The lowest BCUT2D eigenvalue weighted by Crippen LogP contribution is -2.62. The molecule has 27 N–H and O–H groups in total. The van der Waals surface area contributed by atoms with E-state index in [1.165, 1.54) is 24.3 Å². The highest BCUT2D eigenvalue weighted by molar-refractivity contribution is 6.05. The predicted octanol–water partition coefficient (Wildman–Crippen LogP) is -4.41. The first kappa shape index (κ1) is 103. The molecule has 1 saturated heterocycles. The number of hydrogen-bond donors (Lipinski definition) is 24. The molecule has 1 unspecified atom stereocenters. The fourth-order valence-electron chi connectivity index (χ4n) is 13.7. The van der Waals surface area contributed by atoms with E-state index in [9.17, 15) is 117 Å². The number of carbonyl (C=O) groups excluding carboxylic acids is 17. The van der Waals surface area contributed by atoms with Crippen LogP contribution in [0.4, 0.5) is 5.69 Å². The number of aromatic nitrogens is 2. The van der Waals surface area contributed by atoms with Crippen LogP contribution < -0.4 is 91.6 Å². The van der Waals surface area contributed by atoms with Crippen molar-refractivity contribution in [3.63, 3.8) is 0 Å². The Morgan fingerprint density at radius 3 is 1.60 bits per heavy atom. The average Bonchev–Trinajstić information content (AvgIpc) is 1.72. The molecular weight excluding hydrogens is 1700 g/mol. The summed E-state index contributed by atoms with van der Waals surface area (Å²) in [6, 6.07) is -5.20. The van der Waals surface area contributed by atoms with Crippen LogP contribution in [0.5, 0.6) is 0 Å². The highest BCUT2D eigenvalue weighted by atomic mass is 16.5. The van der Waals surface area contributed by atoms with Crippen LogP contribution in [0.1, 0.15) is 152 Å². The number of aliphatic hydroxyl groups is 1. The Hall–Kier alpha value is -14.5. The molecular formula is C83H111N19O27.